The van der Waals surface area contributed by atoms with Gasteiger partial charge in [-0.2, -0.15) is 5.10 Å². The van der Waals surface area contributed by atoms with Crippen molar-refractivity contribution in [3.8, 4) is 17.2 Å². The van der Waals surface area contributed by atoms with E-state index in [0.29, 0.717) is 29.4 Å². The summed E-state index contributed by atoms with van der Waals surface area (Å²) in [6.45, 7) is 10.5. The van der Waals surface area contributed by atoms with E-state index in [9.17, 15) is 9.59 Å². The van der Waals surface area contributed by atoms with Crippen LogP contribution in [-0.4, -0.2) is 46.4 Å². The fourth-order valence-corrected chi connectivity index (χ4v) is 3.69. The van der Waals surface area contributed by atoms with E-state index in [1.807, 2.05) is 44.2 Å². The Morgan fingerprint density at radius 2 is 1.85 bits per heavy atom. The van der Waals surface area contributed by atoms with Crippen molar-refractivity contribution in [1.82, 2.24) is 14.7 Å². The SMILES string of the molecule is CCN(CC(=O)Nc1cc(C(C)(C)C)nn1-c1cccc(C)c1)C(=O)c1ccc2c(c1)OCO2. The van der Waals surface area contributed by atoms with Crippen molar-refractivity contribution in [3.63, 3.8) is 0 Å². The van der Waals surface area contributed by atoms with E-state index in [0.717, 1.165) is 16.9 Å². The molecule has 2 heterocycles. The molecule has 1 aromatic heterocycles. The first-order valence-corrected chi connectivity index (χ1v) is 11.3. The number of aryl methyl sites for hydroxylation is 1. The Hall–Kier alpha value is -3.81. The number of aromatic nitrogens is 2. The summed E-state index contributed by atoms with van der Waals surface area (Å²) in [6.07, 6.45) is 0. The van der Waals surface area contributed by atoms with Gasteiger partial charge in [0.15, 0.2) is 11.5 Å². The summed E-state index contributed by atoms with van der Waals surface area (Å²) in [5.41, 5.74) is 3.05. The predicted molar refractivity (Wildman–Crippen MR) is 130 cm³/mol. The van der Waals surface area contributed by atoms with Gasteiger partial charge in [-0.1, -0.05) is 32.9 Å². The second-order valence-electron chi connectivity index (χ2n) is 9.35. The van der Waals surface area contributed by atoms with Crippen LogP contribution in [0.25, 0.3) is 5.69 Å². The zero-order valence-corrected chi connectivity index (χ0v) is 20.2. The quantitative estimate of drug-likeness (QED) is 0.590. The Labute approximate surface area is 199 Å². The third-order valence-electron chi connectivity index (χ3n) is 5.61. The lowest BCUT2D eigenvalue weighted by Gasteiger charge is -2.20. The van der Waals surface area contributed by atoms with Gasteiger partial charge in [0.25, 0.3) is 5.91 Å². The number of benzene rings is 2. The molecule has 0 radical (unpaired) electrons. The molecule has 0 saturated heterocycles. The van der Waals surface area contributed by atoms with Gasteiger partial charge >= 0.3 is 0 Å². The van der Waals surface area contributed by atoms with Crippen LogP contribution in [0.4, 0.5) is 5.82 Å². The van der Waals surface area contributed by atoms with Crippen LogP contribution in [0.1, 0.15) is 49.3 Å². The number of fused-ring (bicyclic) bond motifs is 1. The van der Waals surface area contributed by atoms with Crippen LogP contribution in [0.3, 0.4) is 0 Å². The third kappa shape index (κ3) is 4.90. The van der Waals surface area contributed by atoms with Crippen molar-refractivity contribution in [3.05, 3.63) is 65.4 Å². The van der Waals surface area contributed by atoms with Gasteiger partial charge in [0.2, 0.25) is 12.7 Å². The molecule has 1 aliphatic rings. The number of ether oxygens (including phenoxy) is 2. The molecular weight excluding hydrogens is 432 g/mol. The maximum absolute atomic E-state index is 13.1. The lowest BCUT2D eigenvalue weighted by molar-refractivity contribution is -0.116. The highest BCUT2D eigenvalue weighted by atomic mass is 16.7. The molecule has 0 atom stereocenters. The first kappa shape index (κ1) is 23.4. The lowest BCUT2D eigenvalue weighted by atomic mass is 9.92. The van der Waals surface area contributed by atoms with Crippen molar-refractivity contribution in [1.29, 1.82) is 0 Å². The number of hydrogen-bond acceptors (Lipinski definition) is 5. The smallest absolute Gasteiger partial charge is 0.254 e. The molecule has 8 nitrogen and oxygen atoms in total. The maximum atomic E-state index is 13.1. The summed E-state index contributed by atoms with van der Waals surface area (Å²) in [5, 5.41) is 7.71. The number of nitrogens with zero attached hydrogens (tertiary/aromatic N) is 3. The maximum Gasteiger partial charge on any atom is 0.254 e. The zero-order chi connectivity index (χ0) is 24.5. The summed E-state index contributed by atoms with van der Waals surface area (Å²) >= 11 is 0. The first-order chi connectivity index (χ1) is 16.2. The van der Waals surface area contributed by atoms with Crippen LogP contribution in [0.2, 0.25) is 0 Å². The molecule has 2 aromatic carbocycles. The minimum Gasteiger partial charge on any atom is -0.454 e. The number of anilines is 1. The van der Waals surface area contributed by atoms with Crippen LogP contribution in [0, 0.1) is 6.92 Å². The van der Waals surface area contributed by atoms with E-state index in [4.69, 9.17) is 14.6 Å². The topological polar surface area (TPSA) is 85.7 Å². The molecule has 3 aromatic rings. The molecular formula is C26H30N4O4. The van der Waals surface area contributed by atoms with Gasteiger partial charge < -0.3 is 19.7 Å². The monoisotopic (exact) mass is 462 g/mol. The van der Waals surface area contributed by atoms with Gasteiger partial charge in [0.05, 0.1) is 11.4 Å². The normalized spacial score (nSPS) is 12.5. The van der Waals surface area contributed by atoms with Crippen molar-refractivity contribution in [2.24, 2.45) is 0 Å². The molecule has 0 saturated carbocycles. The lowest BCUT2D eigenvalue weighted by Crippen LogP contribution is -2.38. The van der Waals surface area contributed by atoms with Gasteiger partial charge in [0.1, 0.15) is 12.4 Å². The van der Waals surface area contributed by atoms with E-state index in [1.54, 1.807) is 22.9 Å². The van der Waals surface area contributed by atoms with Gasteiger partial charge in [-0.25, -0.2) is 4.68 Å². The zero-order valence-electron chi connectivity index (χ0n) is 20.2. The van der Waals surface area contributed by atoms with Crippen molar-refractivity contribution in [2.75, 3.05) is 25.2 Å². The molecule has 1 N–H and O–H groups in total. The molecule has 4 rings (SSSR count). The number of nitrogens with one attached hydrogen (secondary N) is 1. The van der Waals surface area contributed by atoms with Gasteiger partial charge in [-0.15, -0.1) is 0 Å². The largest absolute Gasteiger partial charge is 0.454 e. The molecule has 0 bridgehead atoms. The summed E-state index contributed by atoms with van der Waals surface area (Å²) in [5.74, 6) is 1.15. The molecule has 0 aliphatic carbocycles. The molecule has 0 spiro atoms. The summed E-state index contributed by atoms with van der Waals surface area (Å²) in [6, 6.07) is 14.8. The minimum atomic E-state index is -0.301. The highest BCUT2D eigenvalue weighted by molar-refractivity contribution is 5.99. The third-order valence-corrected chi connectivity index (χ3v) is 5.61. The first-order valence-electron chi connectivity index (χ1n) is 11.3. The Bertz CT molecular complexity index is 1230. The number of hydrogen-bond donors (Lipinski definition) is 1. The van der Waals surface area contributed by atoms with Crippen molar-refractivity contribution >= 4 is 17.6 Å². The Morgan fingerprint density at radius 3 is 2.56 bits per heavy atom. The van der Waals surface area contributed by atoms with Crippen molar-refractivity contribution < 1.29 is 19.1 Å². The van der Waals surface area contributed by atoms with Crippen LogP contribution in [0.5, 0.6) is 11.5 Å². The van der Waals surface area contributed by atoms with Gasteiger partial charge in [0, 0.05) is 23.6 Å². The number of likely N-dealkylation sites (N-methyl/N-ethyl adjacent to an activating group) is 1. The summed E-state index contributed by atoms with van der Waals surface area (Å²) in [4.78, 5) is 27.6. The predicted octanol–water partition coefficient (Wildman–Crippen LogP) is 4.31. The van der Waals surface area contributed by atoms with Crippen LogP contribution in [0.15, 0.2) is 48.5 Å². The Morgan fingerprint density at radius 1 is 1.09 bits per heavy atom. The molecule has 0 unspecified atom stereocenters. The van der Waals surface area contributed by atoms with Gasteiger partial charge in [-0.05, 0) is 49.7 Å². The Kier molecular flexibility index (Phi) is 6.32. The van der Waals surface area contributed by atoms with E-state index in [1.165, 1.54) is 4.90 Å². The van der Waals surface area contributed by atoms with E-state index in [-0.39, 0.29) is 30.6 Å². The fourth-order valence-electron chi connectivity index (χ4n) is 3.69. The summed E-state index contributed by atoms with van der Waals surface area (Å²) < 4.78 is 12.4. The van der Waals surface area contributed by atoms with E-state index < -0.39 is 0 Å². The van der Waals surface area contributed by atoms with Crippen LogP contribution >= 0.6 is 0 Å². The molecule has 34 heavy (non-hydrogen) atoms. The number of amides is 2. The number of carbonyl (C=O) groups is 2. The highest BCUT2D eigenvalue weighted by Gasteiger charge is 2.24. The van der Waals surface area contributed by atoms with E-state index in [2.05, 4.69) is 26.1 Å². The molecule has 0 fully saturated rings. The van der Waals surface area contributed by atoms with Gasteiger partial charge in [-0.3, -0.25) is 9.59 Å². The minimum absolute atomic E-state index is 0.0897. The number of carbonyl (C=O) groups excluding carboxylic acids is 2. The molecule has 8 heteroatoms. The average Bonchev–Trinajstić information content (AvgIpc) is 3.43. The standard InChI is InChI=1S/C26H30N4O4/c1-6-29(25(32)18-10-11-20-21(13-18)34-16-33-20)15-24(31)27-23-14-22(26(3,4)5)28-30(23)19-9-7-8-17(2)12-19/h7-14H,6,15-16H2,1-5H3,(H,27,31). The average molecular weight is 463 g/mol. The van der Waals surface area contributed by atoms with Crippen LogP contribution < -0.4 is 14.8 Å². The fraction of sp³-hybridized carbons (Fsp3) is 0.346. The molecule has 2 amide bonds. The number of rotatable bonds is 6. The second kappa shape index (κ2) is 9.21. The second-order valence-corrected chi connectivity index (χ2v) is 9.35. The molecule has 1 aliphatic heterocycles. The molecule has 178 valence electrons. The van der Waals surface area contributed by atoms with Crippen LogP contribution in [-0.2, 0) is 10.2 Å². The van der Waals surface area contributed by atoms with E-state index >= 15 is 0 Å². The van der Waals surface area contributed by atoms with Crippen molar-refractivity contribution in [2.45, 2.75) is 40.0 Å². The Balaban J connectivity index is 1.54. The highest BCUT2D eigenvalue weighted by Crippen LogP contribution is 2.33. The summed E-state index contributed by atoms with van der Waals surface area (Å²) in [7, 11) is 0.